The number of hydrogen-bond donors (Lipinski definition) is 2. The minimum atomic E-state index is -0.810. The Balaban J connectivity index is 1.92. The Kier molecular flexibility index (Phi) is 7.04. The van der Waals surface area contributed by atoms with Gasteiger partial charge in [0.05, 0.1) is 20.6 Å². The monoisotopic (exact) mass is 377 g/mol. The van der Waals surface area contributed by atoms with E-state index in [0.717, 1.165) is 10.5 Å². The number of benzene rings is 1. The largest absolute Gasteiger partial charge is 0.493 e. The maximum absolute atomic E-state index is 12.5. The van der Waals surface area contributed by atoms with Gasteiger partial charge in [0, 0.05) is 13.1 Å². The highest BCUT2D eigenvalue weighted by Gasteiger charge is 2.38. The molecule has 148 valence electrons. The molecule has 0 spiro atoms. The van der Waals surface area contributed by atoms with E-state index in [9.17, 15) is 14.4 Å². The lowest BCUT2D eigenvalue weighted by Crippen LogP contribution is -2.37. The van der Waals surface area contributed by atoms with Crippen molar-refractivity contribution in [3.8, 4) is 11.5 Å². The van der Waals surface area contributed by atoms with Crippen molar-refractivity contribution in [1.82, 2.24) is 15.5 Å². The third-order valence-electron chi connectivity index (χ3n) is 4.28. The second kappa shape index (κ2) is 9.25. The van der Waals surface area contributed by atoms with Gasteiger partial charge in [-0.2, -0.15) is 0 Å². The summed E-state index contributed by atoms with van der Waals surface area (Å²) in [6, 6.07) is 4.17. The zero-order valence-corrected chi connectivity index (χ0v) is 16.2. The van der Waals surface area contributed by atoms with Crippen molar-refractivity contribution in [2.75, 3.05) is 27.3 Å². The van der Waals surface area contributed by atoms with Crippen LogP contribution in [0.2, 0.25) is 0 Å². The number of urea groups is 1. The number of methoxy groups -OCH3 is 2. The number of nitrogens with zero attached hydrogens (tertiary/aromatic N) is 1. The molecular formula is C19H27N3O5. The van der Waals surface area contributed by atoms with E-state index in [2.05, 4.69) is 10.6 Å². The smallest absolute Gasteiger partial charge is 0.324 e. The van der Waals surface area contributed by atoms with Crippen LogP contribution in [0.25, 0.3) is 0 Å². The van der Waals surface area contributed by atoms with E-state index in [1.807, 2.05) is 26.0 Å². The van der Waals surface area contributed by atoms with Crippen molar-refractivity contribution in [1.29, 1.82) is 0 Å². The van der Waals surface area contributed by atoms with Crippen molar-refractivity contribution in [3.63, 3.8) is 0 Å². The fourth-order valence-electron chi connectivity index (χ4n) is 2.78. The molecule has 1 atom stereocenters. The number of amides is 4. The lowest BCUT2D eigenvalue weighted by molar-refractivity contribution is -0.130. The van der Waals surface area contributed by atoms with Gasteiger partial charge in [-0.25, -0.2) is 4.79 Å². The van der Waals surface area contributed by atoms with Crippen molar-refractivity contribution in [2.45, 2.75) is 32.7 Å². The summed E-state index contributed by atoms with van der Waals surface area (Å²) in [4.78, 5) is 37.6. The van der Waals surface area contributed by atoms with E-state index >= 15 is 0 Å². The van der Waals surface area contributed by atoms with Crippen LogP contribution in [0.5, 0.6) is 11.5 Å². The zero-order chi connectivity index (χ0) is 20.0. The summed E-state index contributed by atoms with van der Waals surface area (Å²) >= 11 is 0. The number of hydrogen-bond acceptors (Lipinski definition) is 5. The third kappa shape index (κ3) is 5.35. The van der Waals surface area contributed by atoms with Crippen LogP contribution in [0, 0.1) is 5.92 Å². The Bertz CT molecular complexity index is 705. The molecule has 0 aromatic heterocycles. The number of rotatable bonds is 9. The van der Waals surface area contributed by atoms with Crippen LogP contribution in [0.15, 0.2) is 18.2 Å². The second-order valence-corrected chi connectivity index (χ2v) is 6.83. The predicted molar refractivity (Wildman–Crippen MR) is 99.7 cm³/mol. The number of carbonyl (C=O) groups excluding carboxylic acids is 3. The van der Waals surface area contributed by atoms with E-state index < -0.39 is 12.1 Å². The van der Waals surface area contributed by atoms with Crippen LogP contribution >= 0.6 is 0 Å². The molecule has 1 saturated heterocycles. The molecule has 2 N–H and O–H groups in total. The lowest BCUT2D eigenvalue weighted by Gasteiger charge is -2.14. The Morgan fingerprint density at radius 1 is 1.22 bits per heavy atom. The van der Waals surface area contributed by atoms with Crippen LogP contribution in [0.3, 0.4) is 0 Å². The van der Waals surface area contributed by atoms with Crippen LogP contribution in [-0.2, 0) is 16.0 Å². The van der Waals surface area contributed by atoms with Gasteiger partial charge in [0.25, 0.3) is 5.91 Å². The topological polar surface area (TPSA) is 97.0 Å². The Morgan fingerprint density at radius 2 is 1.93 bits per heavy atom. The van der Waals surface area contributed by atoms with E-state index in [1.54, 1.807) is 20.3 Å². The van der Waals surface area contributed by atoms with E-state index in [1.165, 1.54) is 0 Å². The summed E-state index contributed by atoms with van der Waals surface area (Å²) in [6.45, 7) is 4.73. The molecular weight excluding hydrogens is 350 g/mol. The number of nitrogens with one attached hydrogen (secondary N) is 2. The summed E-state index contributed by atoms with van der Waals surface area (Å²) in [5, 5.41) is 5.34. The molecule has 0 radical (unpaired) electrons. The standard InChI is InChI=1S/C19H27N3O5/c1-12(2)11-20-17(23)10-14-18(24)22(19(25)21-14)8-7-13-5-6-15(26-3)16(9-13)27-4/h5-6,9,12,14H,7-8,10-11H2,1-4H3,(H,20,23)(H,21,25). The first-order chi connectivity index (χ1) is 12.8. The SMILES string of the molecule is COc1ccc(CCN2C(=O)NC(CC(=O)NCC(C)C)C2=O)cc1OC. The summed E-state index contributed by atoms with van der Waals surface area (Å²) in [6.07, 6.45) is 0.427. The van der Waals surface area contributed by atoms with E-state index in [0.29, 0.717) is 30.4 Å². The third-order valence-corrected chi connectivity index (χ3v) is 4.28. The van der Waals surface area contributed by atoms with Gasteiger partial charge in [-0.15, -0.1) is 0 Å². The average molecular weight is 377 g/mol. The van der Waals surface area contributed by atoms with Crippen molar-refractivity contribution >= 4 is 17.8 Å². The summed E-state index contributed by atoms with van der Waals surface area (Å²) in [5.74, 6) is 0.903. The molecule has 2 rings (SSSR count). The minimum Gasteiger partial charge on any atom is -0.493 e. The molecule has 0 aliphatic carbocycles. The quantitative estimate of drug-likeness (QED) is 0.633. The average Bonchev–Trinajstić information content (AvgIpc) is 2.91. The number of carbonyl (C=O) groups is 3. The molecule has 1 heterocycles. The van der Waals surface area contributed by atoms with E-state index in [4.69, 9.17) is 9.47 Å². The van der Waals surface area contributed by atoms with Crippen molar-refractivity contribution in [3.05, 3.63) is 23.8 Å². The molecule has 0 saturated carbocycles. The normalized spacial score (nSPS) is 16.5. The lowest BCUT2D eigenvalue weighted by atomic mass is 10.1. The molecule has 0 bridgehead atoms. The number of imide groups is 1. The van der Waals surface area contributed by atoms with Crippen LogP contribution in [-0.4, -0.2) is 56.1 Å². The predicted octanol–water partition coefficient (Wildman–Crippen LogP) is 1.33. The van der Waals surface area contributed by atoms with Gasteiger partial charge in [0.2, 0.25) is 5.91 Å². The maximum atomic E-state index is 12.5. The summed E-state index contributed by atoms with van der Waals surface area (Å²) in [7, 11) is 3.11. The molecule has 1 aromatic carbocycles. The molecule has 1 unspecified atom stereocenters. The first-order valence-corrected chi connectivity index (χ1v) is 8.95. The van der Waals surface area contributed by atoms with Gasteiger partial charge in [0.15, 0.2) is 11.5 Å². The van der Waals surface area contributed by atoms with Crippen LogP contribution in [0.1, 0.15) is 25.8 Å². The van der Waals surface area contributed by atoms with Gasteiger partial charge in [0.1, 0.15) is 6.04 Å². The molecule has 1 fully saturated rings. The first kappa shape index (κ1) is 20.5. The van der Waals surface area contributed by atoms with Crippen LogP contribution < -0.4 is 20.1 Å². The van der Waals surface area contributed by atoms with E-state index in [-0.39, 0.29) is 24.8 Å². The van der Waals surface area contributed by atoms with Gasteiger partial charge in [-0.1, -0.05) is 19.9 Å². The number of ether oxygens (including phenoxy) is 2. The molecule has 1 aliphatic heterocycles. The van der Waals surface area contributed by atoms with Crippen LogP contribution in [0.4, 0.5) is 4.79 Å². The molecule has 1 aromatic rings. The van der Waals surface area contributed by atoms with Gasteiger partial charge in [-0.3, -0.25) is 14.5 Å². The zero-order valence-electron chi connectivity index (χ0n) is 16.2. The highest BCUT2D eigenvalue weighted by atomic mass is 16.5. The molecule has 27 heavy (non-hydrogen) atoms. The highest BCUT2D eigenvalue weighted by molar-refractivity contribution is 6.05. The highest BCUT2D eigenvalue weighted by Crippen LogP contribution is 2.27. The van der Waals surface area contributed by atoms with Crippen molar-refractivity contribution < 1.29 is 23.9 Å². The Morgan fingerprint density at radius 3 is 2.56 bits per heavy atom. The van der Waals surface area contributed by atoms with Gasteiger partial charge in [-0.05, 0) is 30.0 Å². The molecule has 1 aliphatic rings. The fourth-order valence-corrected chi connectivity index (χ4v) is 2.78. The summed E-state index contributed by atoms with van der Waals surface area (Å²) in [5.41, 5.74) is 0.909. The second-order valence-electron chi connectivity index (χ2n) is 6.83. The van der Waals surface area contributed by atoms with Crippen molar-refractivity contribution in [2.24, 2.45) is 5.92 Å². The van der Waals surface area contributed by atoms with Gasteiger partial charge >= 0.3 is 6.03 Å². The molecule has 8 nitrogen and oxygen atoms in total. The Labute approximate surface area is 159 Å². The molecule has 4 amide bonds. The summed E-state index contributed by atoms with van der Waals surface area (Å²) < 4.78 is 10.5. The molecule has 8 heteroatoms. The maximum Gasteiger partial charge on any atom is 0.324 e. The first-order valence-electron chi connectivity index (χ1n) is 8.95. The van der Waals surface area contributed by atoms with Gasteiger partial charge < -0.3 is 20.1 Å². The fraction of sp³-hybridized carbons (Fsp3) is 0.526. The minimum absolute atomic E-state index is 0.0514. The Hall–Kier alpha value is -2.77.